The molecule has 0 unspecified atom stereocenters. The number of thiazole rings is 1. The first-order chi connectivity index (χ1) is 11.1. The van der Waals surface area contributed by atoms with Gasteiger partial charge in [0.25, 0.3) is 0 Å². The average Bonchev–Trinajstić information content (AvgIpc) is 2.88. The molecule has 0 saturated carbocycles. The lowest BCUT2D eigenvalue weighted by Crippen LogP contribution is -2.03. The number of ether oxygens (including phenoxy) is 1. The highest BCUT2D eigenvalue weighted by Crippen LogP contribution is 2.20. The summed E-state index contributed by atoms with van der Waals surface area (Å²) in [4.78, 5) is 16.4. The fraction of sp³-hybridized carbons (Fsp3) is 0.412. The number of benzene rings is 1. The van der Waals surface area contributed by atoms with Crippen molar-refractivity contribution in [2.24, 2.45) is 0 Å². The first-order valence-corrected chi connectivity index (χ1v) is 9.52. The summed E-state index contributed by atoms with van der Waals surface area (Å²) in [6.07, 6.45) is 1.78. The Morgan fingerprint density at radius 3 is 2.96 bits per heavy atom. The number of thioether (sulfide) groups is 1. The summed E-state index contributed by atoms with van der Waals surface area (Å²) in [5.74, 6) is 0.831. The number of carbonyl (C=O) groups is 1. The van der Waals surface area contributed by atoms with Gasteiger partial charge in [-0.15, -0.1) is 23.1 Å². The molecule has 0 aliphatic carbocycles. The van der Waals surface area contributed by atoms with E-state index in [4.69, 9.17) is 9.84 Å². The second-order valence-electron chi connectivity index (χ2n) is 5.10. The van der Waals surface area contributed by atoms with E-state index in [-0.39, 0.29) is 5.75 Å². The monoisotopic (exact) mass is 351 g/mol. The molecule has 1 N–H and O–H groups in total. The second-order valence-corrected chi connectivity index (χ2v) is 7.37. The van der Waals surface area contributed by atoms with Gasteiger partial charge in [-0.2, -0.15) is 0 Å². The number of hydrogen-bond donors (Lipinski definition) is 1. The van der Waals surface area contributed by atoms with E-state index in [1.807, 2.05) is 24.3 Å². The minimum Gasteiger partial charge on any atom is -0.493 e. The van der Waals surface area contributed by atoms with Gasteiger partial charge in [0, 0.05) is 17.1 Å². The maximum atomic E-state index is 10.5. The molecule has 0 fully saturated rings. The number of aryl methyl sites for hydroxylation is 2. The number of aromatic nitrogens is 1. The van der Waals surface area contributed by atoms with E-state index in [0.29, 0.717) is 12.4 Å². The molecule has 0 radical (unpaired) electrons. The zero-order valence-electron chi connectivity index (χ0n) is 13.4. The smallest absolute Gasteiger partial charge is 0.313 e. The number of rotatable bonds is 9. The lowest BCUT2D eigenvalue weighted by molar-refractivity contribution is -0.133. The Balaban J connectivity index is 1.83. The van der Waals surface area contributed by atoms with Gasteiger partial charge in [-0.05, 0) is 31.0 Å². The minimum absolute atomic E-state index is 0.119. The Bertz CT molecular complexity index is 655. The Morgan fingerprint density at radius 2 is 2.26 bits per heavy atom. The standard InChI is InChI=1S/C17H21NO3S2/c1-3-16-18-15(12(2)23-16)7-8-21-14-6-4-5-13(9-14)10-22-11-17(19)20/h4-6,9H,3,7-8,10-11H2,1-2H3,(H,19,20). The highest BCUT2D eigenvalue weighted by molar-refractivity contribution is 7.99. The molecule has 0 aliphatic heterocycles. The van der Waals surface area contributed by atoms with Crippen LogP contribution in [0.4, 0.5) is 0 Å². The summed E-state index contributed by atoms with van der Waals surface area (Å²) in [5, 5.41) is 9.84. The lowest BCUT2D eigenvalue weighted by atomic mass is 10.2. The normalized spacial score (nSPS) is 10.7. The highest BCUT2D eigenvalue weighted by atomic mass is 32.2. The summed E-state index contributed by atoms with van der Waals surface area (Å²) in [7, 11) is 0. The van der Waals surface area contributed by atoms with Gasteiger partial charge in [0.05, 0.1) is 23.1 Å². The topological polar surface area (TPSA) is 59.4 Å². The van der Waals surface area contributed by atoms with Crippen molar-refractivity contribution in [3.05, 3.63) is 45.4 Å². The molecule has 1 aromatic carbocycles. The molecule has 0 aliphatic rings. The SMILES string of the molecule is CCc1nc(CCOc2cccc(CSCC(=O)O)c2)c(C)s1. The molecule has 0 saturated heterocycles. The van der Waals surface area contributed by atoms with Gasteiger partial charge in [-0.1, -0.05) is 19.1 Å². The van der Waals surface area contributed by atoms with Crippen molar-refractivity contribution in [2.75, 3.05) is 12.4 Å². The van der Waals surface area contributed by atoms with E-state index < -0.39 is 5.97 Å². The molecule has 0 bridgehead atoms. The molecule has 1 heterocycles. The molecular formula is C17H21NO3S2. The van der Waals surface area contributed by atoms with E-state index >= 15 is 0 Å². The molecule has 2 aromatic rings. The third kappa shape index (κ3) is 5.88. The zero-order chi connectivity index (χ0) is 16.7. The fourth-order valence-electron chi connectivity index (χ4n) is 2.12. The van der Waals surface area contributed by atoms with Crippen LogP contribution in [0.2, 0.25) is 0 Å². The highest BCUT2D eigenvalue weighted by Gasteiger charge is 2.07. The summed E-state index contributed by atoms with van der Waals surface area (Å²) >= 11 is 3.14. The van der Waals surface area contributed by atoms with Gasteiger partial charge in [0.1, 0.15) is 5.75 Å². The van der Waals surface area contributed by atoms with Crippen LogP contribution in [0.25, 0.3) is 0 Å². The van der Waals surface area contributed by atoms with Crippen LogP contribution in [0.3, 0.4) is 0 Å². The van der Waals surface area contributed by atoms with Crippen LogP contribution in [0.5, 0.6) is 5.75 Å². The van der Waals surface area contributed by atoms with Crippen molar-refractivity contribution in [2.45, 2.75) is 32.4 Å². The molecular weight excluding hydrogens is 330 g/mol. The lowest BCUT2D eigenvalue weighted by Gasteiger charge is -2.07. The van der Waals surface area contributed by atoms with Gasteiger partial charge in [-0.25, -0.2) is 4.98 Å². The molecule has 6 heteroatoms. The van der Waals surface area contributed by atoms with E-state index in [1.54, 1.807) is 11.3 Å². The second kappa shape index (κ2) is 8.93. The summed E-state index contributed by atoms with van der Waals surface area (Å²) < 4.78 is 5.81. The van der Waals surface area contributed by atoms with Crippen LogP contribution < -0.4 is 4.74 Å². The molecule has 0 spiro atoms. The predicted molar refractivity (Wildman–Crippen MR) is 95.7 cm³/mol. The maximum Gasteiger partial charge on any atom is 0.313 e. The molecule has 2 rings (SSSR count). The van der Waals surface area contributed by atoms with E-state index in [0.717, 1.165) is 29.8 Å². The molecule has 4 nitrogen and oxygen atoms in total. The van der Waals surface area contributed by atoms with Crippen LogP contribution in [0.15, 0.2) is 24.3 Å². The van der Waals surface area contributed by atoms with Crippen molar-refractivity contribution in [1.82, 2.24) is 4.98 Å². The summed E-state index contributed by atoms with van der Waals surface area (Å²) in [5.41, 5.74) is 2.20. The quantitative estimate of drug-likeness (QED) is 0.741. The van der Waals surface area contributed by atoms with Crippen LogP contribution in [0.1, 0.15) is 28.1 Å². The third-order valence-electron chi connectivity index (χ3n) is 3.24. The van der Waals surface area contributed by atoms with Gasteiger partial charge in [0.15, 0.2) is 0 Å². The number of nitrogens with zero attached hydrogens (tertiary/aromatic N) is 1. The van der Waals surface area contributed by atoms with Crippen molar-refractivity contribution in [3.8, 4) is 5.75 Å². The molecule has 23 heavy (non-hydrogen) atoms. The van der Waals surface area contributed by atoms with E-state index in [1.165, 1.54) is 21.6 Å². The van der Waals surface area contributed by atoms with Gasteiger partial charge in [0.2, 0.25) is 0 Å². The van der Waals surface area contributed by atoms with Crippen LogP contribution >= 0.6 is 23.1 Å². The van der Waals surface area contributed by atoms with Gasteiger partial charge < -0.3 is 9.84 Å². The Morgan fingerprint density at radius 1 is 1.43 bits per heavy atom. The summed E-state index contributed by atoms with van der Waals surface area (Å²) in [6.45, 7) is 4.82. The van der Waals surface area contributed by atoms with Gasteiger partial charge in [-0.3, -0.25) is 4.79 Å². The van der Waals surface area contributed by atoms with Crippen LogP contribution in [-0.2, 0) is 23.4 Å². The maximum absolute atomic E-state index is 10.5. The largest absolute Gasteiger partial charge is 0.493 e. The first kappa shape index (κ1) is 17.8. The molecule has 0 amide bonds. The number of carboxylic acids is 1. The first-order valence-electron chi connectivity index (χ1n) is 7.55. The van der Waals surface area contributed by atoms with Gasteiger partial charge >= 0.3 is 5.97 Å². The molecule has 124 valence electrons. The molecule has 1 aromatic heterocycles. The Hall–Kier alpha value is -1.53. The average molecular weight is 351 g/mol. The fourth-order valence-corrected chi connectivity index (χ4v) is 3.73. The minimum atomic E-state index is -0.785. The number of hydrogen-bond acceptors (Lipinski definition) is 5. The zero-order valence-corrected chi connectivity index (χ0v) is 15.0. The third-order valence-corrected chi connectivity index (χ3v) is 5.39. The van der Waals surface area contributed by atoms with Crippen molar-refractivity contribution in [1.29, 1.82) is 0 Å². The van der Waals surface area contributed by atoms with Crippen molar-refractivity contribution in [3.63, 3.8) is 0 Å². The summed E-state index contributed by atoms with van der Waals surface area (Å²) in [6, 6.07) is 7.83. The van der Waals surface area contributed by atoms with Crippen LogP contribution in [0, 0.1) is 6.92 Å². The Kier molecular flexibility index (Phi) is 6.92. The number of aliphatic carboxylic acids is 1. The number of carboxylic acid groups (broad SMARTS) is 1. The van der Waals surface area contributed by atoms with E-state index in [9.17, 15) is 4.79 Å². The molecule has 0 atom stereocenters. The van der Waals surface area contributed by atoms with Crippen molar-refractivity contribution >= 4 is 29.1 Å². The Labute approximate surface area is 144 Å². The predicted octanol–water partition coefficient (Wildman–Crippen LogP) is 3.95. The van der Waals surface area contributed by atoms with Crippen LogP contribution in [-0.4, -0.2) is 28.4 Å². The van der Waals surface area contributed by atoms with Crippen molar-refractivity contribution < 1.29 is 14.6 Å². The van der Waals surface area contributed by atoms with E-state index in [2.05, 4.69) is 18.8 Å².